The van der Waals surface area contributed by atoms with E-state index in [0.717, 1.165) is 29.7 Å². The predicted molar refractivity (Wildman–Crippen MR) is 78.3 cm³/mol. The predicted octanol–water partition coefficient (Wildman–Crippen LogP) is 3.53. The van der Waals surface area contributed by atoms with E-state index in [9.17, 15) is 13.2 Å². The van der Waals surface area contributed by atoms with Crippen LogP contribution in [0.25, 0.3) is 0 Å². The van der Waals surface area contributed by atoms with Crippen LogP contribution in [-0.2, 0) is 12.7 Å². The van der Waals surface area contributed by atoms with Gasteiger partial charge in [0, 0.05) is 24.7 Å². The average molecular weight is 307 g/mol. The van der Waals surface area contributed by atoms with Gasteiger partial charge in [0.25, 0.3) is 0 Å². The van der Waals surface area contributed by atoms with Crippen LogP contribution in [0.2, 0.25) is 0 Å². The van der Waals surface area contributed by atoms with Crippen LogP contribution in [0.3, 0.4) is 0 Å². The van der Waals surface area contributed by atoms with E-state index in [2.05, 4.69) is 10.3 Å². The Kier molecular flexibility index (Phi) is 3.78. The molecule has 1 aromatic carbocycles. The molecule has 1 fully saturated rings. The van der Waals surface area contributed by atoms with E-state index < -0.39 is 11.7 Å². The molecule has 3 nitrogen and oxygen atoms in total. The molecule has 3 N–H and O–H groups in total. The molecule has 0 unspecified atom stereocenters. The fraction of sp³-hybridized carbons (Fsp3) is 0.312. The van der Waals surface area contributed by atoms with E-state index in [4.69, 9.17) is 5.73 Å². The number of nitrogens with one attached hydrogen (secondary N) is 1. The quantitative estimate of drug-likeness (QED) is 0.908. The van der Waals surface area contributed by atoms with Gasteiger partial charge in [0.1, 0.15) is 5.82 Å². The summed E-state index contributed by atoms with van der Waals surface area (Å²) in [5.41, 5.74) is 7.05. The summed E-state index contributed by atoms with van der Waals surface area (Å²) in [6.45, 7) is 0.424. The van der Waals surface area contributed by atoms with Crippen molar-refractivity contribution in [3.63, 3.8) is 0 Å². The lowest BCUT2D eigenvalue weighted by Crippen LogP contribution is -2.06. The molecule has 1 aliphatic carbocycles. The third kappa shape index (κ3) is 3.39. The number of halogens is 3. The van der Waals surface area contributed by atoms with E-state index in [1.807, 2.05) is 12.1 Å². The Labute approximate surface area is 126 Å². The first kappa shape index (κ1) is 14.8. The number of nitrogens with two attached hydrogens (primary N) is 1. The Morgan fingerprint density at radius 1 is 1.14 bits per heavy atom. The Morgan fingerprint density at radius 3 is 2.32 bits per heavy atom. The van der Waals surface area contributed by atoms with Crippen LogP contribution in [0.1, 0.15) is 29.0 Å². The molecule has 22 heavy (non-hydrogen) atoms. The van der Waals surface area contributed by atoms with Crippen molar-refractivity contribution >= 4 is 5.82 Å². The van der Waals surface area contributed by atoms with Crippen molar-refractivity contribution in [1.29, 1.82) is 0 Å². The highest BCUT2D eigenvalue weighted by Crippen LogP contribution is 2.38. The first-order valence-electron chi connectivity index (χ1n) is 7.05. The van der Waals surface area contributed by atoms with Gasteiger partial charge in [-0.25, -0.2) is 4.98 Å². The number of anilines is 1. The molecular formula is C16H16F3N3. The first-order valence-corrected chi connectivity index (χ1v) is 7.05. The fourth-order valence-electron chi connectivity index (χ4n) is 2.33. The van der Waals surface area contributed by atoms with Gasteiger partial charge in [-0.1, -0.05) is 18.2 Å². The van der Waals surface area contributed by atoms with Crippen molar-refractivity contribution < 1.29 is 13.2 Å². The molecule has 0 saturated heterocycles. The van der Waals surface area contributed by atoms with Gasteiger partial charge in [-0.3, -0.25) is 0 Å². The van der Waals surface area contributed by atoms with Gasteiger partial charge in [-0.05, 0) is 35.7 Å². The molecule has 0 aliphatic heterocycles. The number of nitrogens with zero attached hydrogens (tertiary/aromatic N) is 1. The van der Waals surface area contributed by atoms with Crippen molar-refractivity contribution in [2.75, 3.05) is 5.32 Å². The Morgan fingerprint density at radius 2 is 1.82 bits per heavy atom. The molecule has 1 saturated carbocycles. The topological polar surface area (TPSA) is 50.9 Å². The third-order valence-electron chi connectivity index (χ3n) is 3.81. The van der Waals surface area contributed by atoms with Gasteiger partial charge in [-0.2, -0.15) is 13.2 Å². The van der Waals surface area contributed by atoms with Crippen molar-refractivity contribution in [3.8, 4) is 0 Å². The van der Waals surface area contributed by atoms with Crippen LogP contribution in [0, 0.1) is 0 Å². The minimum atomic E-state index is -4.30. The second kappa shape index (κ2) is 5.61. The molecule has 3 rings (SSSR count). The Hall–Kier alpha value is -2.08. The Balaban J connectivity index is 1.58. The third-order valence-corrected chi connectivity index (χ3v) is 3.81. The summed E-state index contributed by atoms with van der Waals surface area (Å²) < 4.78 is 37.4. The second-order valence-corrected chi connectivity index (χ2v) is 5.53. The summed E-state index contributed by atoms with van der Waals surface area (Å²) >= 11 is 0. The normalized spacial score (nSPS) is 20.7. The van der Waals surface area contributed by atoms with Crippen molar-refractivity contribution in [2.45, 2.75) is 31.1 Å². The number of alkyl halides is 3. The van der Waals surface area contributed by atoms with Gasteiger partial charge >= 0.3 is 6.18 Å². The summed E-state index contributed by atoms with van der Waals surface area (Å²) in [6, 6.07) is 9.20. The molecule has 0 spiro atoms. The van der Waals surface area contributed by atoms with Gasteiger partial charge in [0.05, 0.1) is 5.56 Å². The Bertz CT molecular complexity index is 635. The maximum atomic E-state index is 12.5. The van der Waals surface area contributed by atoms with Crippen molar-refractivity contribution in [1.82, 2.24) is 4.98 Å². The molecule has 1 aliphatic rings. The molecule has 1 aromatic heterocycles. The van der Waals surface area contributed by atoms with Gasteiger partial charge < -0.3 is 11.1 Å². The average Bonchev–Trinajstić information content (AvgIpc) is 3.22. The molecule has 1 heterocycles. The zero-order chi connectivity index (χ0) is 15.7. The summed E-state index contributed by atoms with van der Waals surface area (Å²) in [5, 5.41) is 3.09. The molecule has 116 valence electrons. The number of benzene rings is 1. The smallest absolute Gasteiger partial charge is 0.366 e. The molecule has 2 atom stereocenters. The minimum absolute atomic E-state index is 0.243. The number of hydrogen-bond acceptors (Lipinski definition) is 3. The van der Waals surface area contributed by atoms with E-state index in [1.54, 1.807) is 6.20 Å². The highest BCUT2D eigenvalue weighted by atomic mass is 19.4. The van der Waals surface area contributed by atoms with Crippen LogP contribution >= 0.6 is 0 Å². The number of hydrogen-bond donors (Lipinski definition) is 2. The molecule has 2 aromatic rings. The van der Waals surface area contributed by atoms with Crippen LogP contribution in [0.5, 0.6) is 0 Å². The molecule has 0 bridgehead atoms. The largest absolute Gasteiger partial charge is 0.416 e. The van der Waals surface area contributed by atoms with Crippen molar-refractivity contribution in [3.05, 3.63) is 59.3 Å². The maximum absolute atomic E-state index is 12.5. The van der Waals surface area contributed by atoms with Gasteiger partial charge in [-0.15, -0.1) is 0 Å². The molecular weight excluding hydrogens is 291 g/mol. The van der Waals surface area contributed by atoms with Crippen LogP contribution in [0.15, 0.2) is 42.6 Å². The highest BCUT2D eigenvalue weighted by molar-refractivity contribution is 5.39. The first-order chi connectivity index (χ1) is 10.4. The van der Waals surface area contributed by atoms with Gasteiger partial charge in [0.2, 0.25) is 0 Å². The lowest BCUT2D eigenvalue weighted by molar-refractivity contribution is -0.137. The standard InChI is InChI=1S/C16H16F3N3/c17-16(18,19)12-4-1-10(2-5-12)8-21-15-6-3-11(9-22-15)13-7-14(13)20/h1-6,9,13-14H,7-8,20H2,(H,21,22)/t13-,14+/m1/s1. The number of rotatable bonds is 4. The van der Waals surface area contributed by atoms with E-state index in [-0.39, 0.29) is 6.04 Å². The maximum Gasteiger partial charge on any atom is 0.416 e. The van der Waals surface area contributed by atoms with Crippen LogP contribution in [-0.4, -0.2) is 11.0 Å². The monoisotopic (exact) mass is 307 g/mol. The lowest BCUT2D eigenvalue weighted by Gasteiger charge is -2.09. The number of aromatic nitrogens is 1. The molecule has 0 amide bonds. The summed E-state index contributed by atoms with van der Waals surface area (Å²) in [5.74, 6) is 1.11. The van der Waals surface area contributed by atoms with Crippen LogP contribution < -0.4 is 11.1 Å². The van der Waals surface area contributed by atoms with Crippen molar-refractivity contribution in [2.24, 2.45) is 5.73 Å². The fourth-order valence-corrected chi connectivity index (χ4v) is 2.33. The minimum Gasteiger partial charge on any atom is -0.366 e. The zero-order valence-electron chi connectivity index (χ0n) is 11.8. The molecule has 0 radical (unpaired) electrons. The van der Waals surface area contributed by atoms with E-state index in [0.29, 0.717) is 18.3 Å². The highest BCUT2D eigenvalue weighted by Gasteiger charge is 2.34. The second-order valence-electron chi connectivity index (χ2n) is 5.53. The molecule has 6 heteroatoms. The van der Waals surface area contributed by atoms with E-state index >= 15 is 0 Å². The zero-order valence-corrected chi connectivity index (χ0v) is 11.8. The summed E-state index contributed by atoms with van der Waals surface area (Å²) in [7, 11) is 0. The lowest BCUT2D eigenvalue weighted by atomic mass is 10.1. The number of pyridine rings is 1. The van der Waals surface area contributed by atoms with Crippen LogP contribution in [0.4, 0.5) is 19.0 Å². The summed E-state index contributed by atoms with van der Waals surface area (Å²) in [4.78, 5) is 4.30. The van der Waals surface area contributed by atoms with Gasteiger partial charge in [0.15, 0.2) is 0 Å². The van der Waals surface area contributed by atoms with E-state index in [1.165, 1.54) is 12.1 Å². The SMILES string of the molecule is N[C@H]1C[C@@H]1c1ccc(NCc2ccc(C(F)(F)F)cc2)nc1. The summed E-state index contributed by atoms with van der Waals surface area (Å²) in [6.07, 6.45) is -1.50.